The molecule has 0 radical (unpaired) electrons. The van der Waals surface area contributed by atoms with E-state index in [2.05, 4.69) is 48.1 Å². The molecule has 4 rings (SSSR count). The van der Waals surface area contributed by atoms with Gasteiger partial charge in [-0.2, -0.15) is 0 Å². The molecule has 174 valence electrons. The van der Waals surface area contributed by atoms with Gasteiger partial charge in [-0.25, -0.2) is 0 Å². The maximum absolute atomic E-state index is 4.18. The van der Waals surface area contributed by atoms with E-state index in [0.717, 1.165) is 47.3 Å². The standard InChI is InChI=1S/C28H48.C2H6/c1-18(2)11-12-19(3)23-13-14-24-26-20(4)16-22-10-8-9-15-27(22,6)25(26)17-21(5)28(23,24)7;1-2/h19-26H,1,8-17H2,2-7H3;1-2H3. The van der Waals surface area contributed by atoms with Crippen LogP contribution in [0.4, 0.5) is 0 Å². The van der Waals surface area contributed by atoms with Gasteiger partial charge in [0.2, 0.25) is 0 Å². The molecule has 4 saturated carbocycles. The van der Waals surface area contributed by atoms with Crippen molar-refractivity contribution in [3.05, 3.63) is 12.2 Å². The Morgan fingerprint density at radius 2 is 1.70 bits per heavy atom. The molecular weight excluding hydrogens is 360 g/mol. The Labute approximate surface area is 190 Å². The normalized spacial score (nSPS) is 48.5. The maximum atomic E-state index is 4.18. The molecule has 4 aliphatic rings. The molecule has 0 aromatic heterocycles. The molecule has 0 saturated heterocycles. The Hall–Kier alpha value is -0.260. The van der Waals surface area contributed by atoms with Gasteiger partial charge in [-0.05, 0) is 116 Å². The van der Waals surface area contributed by atoms with Crippen molar-refractivity contribution in [2.24, 2.45) is 58.2 Å². The first kappa shape index (κ1) is 24.4. The number of rotatable bonds is 4. The predicted molar refractivity (Wildman–Crippen MR) is 133 cm³/mol. The molecule has 30 heavy (non-hydrogen) atoms. The fourth-order valence-corrected chi connectivity index (χ4v) is 9.65. The van der Waals surface area contributed by atoms with Crippen molar-refractivity contribution in [1.29, 1.82) is 0 Å². The minimum atomic E-state index is 0.585. The highest BCUT2D eigenvalue weighted by atomic mass is 14.7. The third-order valence-corrected chi connectivity index (χ3v) is 11.3. The van der Waals surface area contributed by atoms with Crippen LogP contribution in [0.3, 0.4) is 0 Å². The van der Waals surface area contributed by atoms with Crippen LogP contribution in [0.2, 0.25) is 0 Å². The second-order valence-electron chi connectivity index (χ2n) is 12.6. The van der Waals surface area contributed by atoms with Crippen LogP contribution in [0.25, 0.3) is 0 Å². The van der Waals surface area contributed by atoms with Crippen molar-refractivity contribution < 1.29 is 0 Å². The summed E-state index contributed by atoms with van der Waals surface area (Å²) >= 11 is 0. The van der Waals surface area contributed by atoms with Gasteiger partial charge in [-0.3, -0.25) is 0 Å². The monoisotopic (exact) mass is 414 g/mol. The molecule has 0 nitrogen and oxygen atoms in total. The molecule has 0 heterocycles. The Kier molecular flexibility index (Phi) is 7.57. The van der Waals surface area contributed by atoms with E-state index in [0.29, 0.717) is 10.8 Å². The third kappa shape index (κ3) is 3.85. The molecule has 0 amide bonds. The smallest absolute Gasteiger partial charge is 0.0238 e. The molecule has 0 heteroatoms. The largest absolute Gasteiger partial charge is 0.100 e. The summed E-state index contributed by atoms with van der Waals surface area (Å²) in [6.45, 7) is 23.8. The van der Waals surface area contributed by atoms with Gasteiger partial charge in [-0.1, -0.05) is 66.9 Å². The number of hydrogen-bond donors (Lipinski definition) is 0. The molecular formula is C30H54. The van der Waals surface area contributed by atoms with E-state index >= 15 is 0 Å². The third-order valence-electron chi connectivity index (χ3n) is 11.3. The lowest BCUT2D eigenvalue weighted by atomic mass is 9.40. The van der Waals surface area contributed by atoms with Crippen molar-refractivity contribution in [3.8, 4) is 0 Å². The molecule has 0 bridgehead atoms. The number of allylic oxidation sites excluding steroid dienone is 1. The summed E-state index contributed by atoms with van der Waals surface area (Å²) in [7, 11) is 0. The lowest BCUT2D eigenvalue weighted by molar-refractivity contribution is -0.158. The number of fused-ring (bicyclic) bond motifs is 5. The van der Waals surface area contributed by atoms with Crippen LogP contribution < -0.4 is 0 Å². The van der Waals surface area contributed by atoms with Crippen molar-refractivity contribution in [2.45, 2.75) is 120 Å². The molecule has 0 aromatic rings. The van der Waals surface area contributed by atoms with Gasteiger partial charge in [-0.15, -0.1) is 6.58 Å². The fourth-order valence-electron chi connectivity index (χ4n) is 9.65. The van der Waals surface area contributed by atoms with E-state index in [-0.39, 0.29) is 0 Å². The van der Waals surface area contributed by atoms with Crippen LogP contribution in [0.1, 0.15) is 120 Å². The second-order valence-corrected chi connectivity index (χ2v) is 12.6. The molecule has 0 aromatic carbocycles. The lowest BCUT2D eigenvalue weighted by Crippen LogP contribution is -2.58. The quantitative estimate of drug-likeness (QED) is 0.402. The van der Waals surface area contributed by atoms with Gasteiger partial charge < -0.3 is 0 Å². The van der Waals surface area contributed by atoms with Crippen molar-refractivity contribution in [2.75, 3.05) is 0 Å². The van der Waals surface area contributed by atoms with Gasteiger partial charge in [0, 0.05) is 0 Å². The first-order valence-electron chi connectivity index (χ1n) is 13.8. The van der Waals surface area contributed by atoms with E-state index in [1.165, 1.54) is 69.8 Å². The first-order valence-corrected chi connectivity index (χ1v) is 13.8. The van der Waals surface area contributed by atoms with Gasteiger partial charge in [0.1, 0.15) is 0 Å². The number of hydrogen-bond acceptors (Lipinski definition) is 0. The molecule has 10 atom stereocenters. The lowest BCUT2D eigenvalue weighted by Gasteiger charge is -2.64. The minimum absolute atomic E-state index is 0.585. The predicted octanol–water partition coefficient (Wildman–Crippen LogP) is 9.55. The highest BCUT2D eigenvalue weighted by Crippen LogP contribution is 2.70. The van der Waals surface area contributed by atoms with Crippen molar-refractivity contribution in [3.63, 3.8) is 0 Å². The molecule has 4 aliphatic carbocycles. The Balaban J connectivity index is 0.00000124. The zero-order valence-electron chi connectivity index (χ0n) is 21.9. The Bertz CT molecular complexity index is 589. The van der Waals surface area contributed by atoms with Crippen molar-refractivity contribution >= 4 is 0 Å². The summed E-state index contributed by atoms with van der Waals surface area (Å²) < 4.78 is 0. The van der Waals surface area contributed by atoms with E-state index in [1.807, 2.05) is 13.8 Å². The van der Waals surface area contributed by atoms with Crippen LogP contribution in [-0.2, 0) is 0 Å². The highest BCUT2D eigenvalue weighted by Gasteiger charge is 2.63. The van der Waals surface area contributed by atoms with Gasteiger partial charge in [0.25, 0.3) is 0 Å². The van der Waals surface area contributed by atoms with Crippen LogP contribution in [0.5, 0.6) is 0 Å². The van der Waals surface area contributed by atoms with Crippen LogP contribution in [0.15, 0.2) is 12.2 Å². The SMILES string of the molecule is C=C(C)CCC(C)C1CCC2C3C(C)CC4CCCCC4(C)C3CC(C)C12C.CC. The zero-order chi connectivity index (χ0) is 22.3. The topological polar surface area (TPSA) is 0 Å². The second kappa shape index (κ2) is 9.31. The van der Waals surface area contributed by atoms with Gasteiger partial charge >= 0.3 is 0 Å². The summed E-state index contributed by atoms with van der Waals surface area (Å²) in [4.78, 5) is 0. The molecule has 0 N–H and O–H groups in total. The van der Waals surface area contributed by atoms with Crippen LogP contribution >= 0.6 is 0 Å². The summed E-state index contributed by atoms with van der Waals surface area (Å²) in [5, 5.41) is 0. The van der Waals surface area contributed by atoms with Gasteiger partial charge in [0.15, 0.2) is 0 Å². The van der Waals surface area contributed by atoms with E-state index in [9.17, 15) is 0 Å². The average Bonchev–Trinajstić information content (AvgIpc) is 3.07. The highest BCUT2D eigenvalue weighted by molar-refractivity contribution is 5.12. The van der Waals surface area contributed by atoms with Gasteiger partial charge in [0.05, 0.1) is 0 Å². The summed E-state index contributed by atoms with van der Waals surface area (Å²) in [5.74, 6) is 7.72. The van der Waals surface area contributed by atoms with E-state index in [1.54, 1.807) is 0 Å². The minimum Gasteiger partial charge on any atom is -0.100 e. The fraction of sp³-hybridized carbons (Fsp3) is 0.933. The molecule has 0 aliphatic heterocycles. The van der Waals surface area contributed by atoms with Crippen LogP contribution in [0, 0.1) is 58.2 Å². The molecule has 0 spiro atoms. The Morgan fingerprint density at radius 1 is 1.00 bits per heavy atom. The molecule has 10 unspecified atom stereocenters. The Morgan fingerprint density at radius 3 is 2.37 bits per heavy atom. The maximum Gasteiger partial charge on any atom is -0.0238 e. The summed E-state index contributed by atoms with van der Waals surface area (Å²) in [6, 6.07) is 0. The first-order chi connectivity index (χ1) is 14.2. The summed E-state index contributed by atoms with van der Waals surface area (Å²) in [5.41, 5.74) is 2.62. The summed E-state index contributed by atoms with van der Waals surface area (Å²) in [6.07, 6.45) is 14.7. The van der Waals surface area contributed by atoms with Crippen molar-refractivity contribution in [1.82, 2.24) is 0 Å². The zero-order valence-corrected chi connectivity index (χ0v) is 21.9. The van der Waals surface area contributed by atoms with Crippen LogP contribution in [-0.4, -0.2) is 0 Å². The van der Waals surface area contributed by atoms with E-state index in [4.69, 9.17) is 0 Å². The molecule has 4 fully saturated rings. The average molecular weight is 415 g/mol. The van der Waals surface area contributed by atoms with E-state index < -0.39 is 0 Å².